The summed E-state index contributed by atoms with van der Waals surface area (Å²) < 4.78 is 5.54. The minimum absolute atomic E-state index is 0.268. The summed E-state index contributed by atoms with van der Waals surface area (Å²) >= 11 is 1.76. The fourth-order valence-electron chi connectivity index (χ4n) is 1.71. The molecule has 2 aliphatic heterocycles. The molecule has 0 saturated carbocycles. The Labute approximate surface area is 92.4 Å². The van der Waals surface area contributed by atoms with E-state index >= 15 is 0 Å². The molecular formula is C12H9NOS. The van der Waals surface area contributed by atoms with Crippen molar-refractivity contribution in [3.8, 4) is 5.75 Å². The number of ether oxygens (including phenoxy) is 1. The maximum absolute atomic E-state index is 5.54. The summed E-state index contributed by atoms with van der Waals surface area (Å²) in [7, 11) is 0. The summed E-state index contributed by atoms with van der Waals surface area (Å²) in [4.78, 5) is 4.36. The standard InChI is InChI=1S/C12H9NOS/c1-2-4-11-9(3-1)12-10(5-7-14-11)13-6-8-15-12/h1-8,12H. The molecule has 1 aromatic rings. The Morgan fingerprint density at radius 3 is 3.20 bits per heavy atom. The summed E-state index contributed by atoms with van der Waals surface area (Å²) in [5.74, 6) is 0.923. The number of rotatable bonds is 0. The highest BCUT2D eigenvalue weighted by Crippen LogP contribution is 2.40. The molecule has 15 heavy (non-hydrogen) atoms. The molecule has 2 nitrogen and oxygen atoms in total. The molecule has 0 N–H and O–H groups in total. The van der Waals surface area contributed by atoms with Crippen molar-refractivity contribution >= 4 is 17.5 Å². The topological polar surface area (TPSA) is 21.6 Å². The number of hydrogen-bond donors (Lipinski definition) is 0. The molecule has 0 aliphatic carbocycles. The zero-order valence-electron chi connectivity index (χ0n) is 7.96. The summed E-state index contributed by atoms with van der Waals surface area (Å²) in [6, 6.07) is 8.10. The van der Waals surface area contributed by atoms with E-state index in [0.29, 0.717) is 0 Å². The fourth-order valence-corrected chi connectivity index (χ4v) is 2.62. The SMILES string of the molecule is C1=CSC2C(=N1)C=COc1ccccc12. The highest BCUT2D eigenvalue weighted by Gasteiger charge is 2.23. The van der Waals surface area contributed by atoms with Gasteiger partial charge in [-0.3, -0.25) is 4.99 Å². The van der Waals surface area contributed by atoms with Crippen LogP contribution in [0.3, 0.4) is 0 Å². The molecule has 1 unspecified atom stereocenters. The first-order valence-corrected chi connectivity index (χ1v) is 5.70. The molecule has 0 saturated heterocycles. The number of benzene rings is 1. The van der Waals surface area contributed by atoms with Crippen molar-refractivity contribution in [1.29, 1.82) is 0 Å². The van der Waals surface area contributed by atoms with Crippen LogP contribution in [0.1, 0.15) is 10.8 Å². The van der Waals surface area contributed by atoms with Gasteiger partial charge in [-0.1, -0.05) is 18.2 Å². The molecule has 1 aromatic carbocycles. The second kappa shape index (κ2) is 3.59. The lowest BCUT2D eigenvalue weighted by Gasteiger charge is -2.17. The number of fused-ring (bicyclic) bond motifs is 3. The normalized spacial score (nSPS) is 22.1. The van der Waals surface area contributed by atoms with Gasteiger partial charge in [-0.15, -0.1) is 11.8 Å². The quantitative estimate of drug-likeness (QED) is 0.662. The first kappa shape index (κ1) is 8.80. The summed E-state index contributed by atoms with van der Waals surface area (Å²) in [5.41, 5.74) is 2.24. The van der Waals surface area contributed by atoms with Crippen molar-refractivity contribution in [2.75, 3.05) is 0 Å². The zero-order valence-corrected chi connectivity index (χ0v) is 8.78. The summed E-state index contributed by atoms with van der Waals surface area (Å²) in [6.07, 6.45) is 5.47. The van der Waals surface area contributed by atoms with Crippen LogP contribution >= 0.6 is 11.8 Å². The Morgan fingerprint density at radius 2 is 2.20 bits per heavy atom. The first-order valence-electron chi connectivity index (χ1n) is 4.75. The van der Waals surface area contributed by atoms with Crippen molar-refractivity contribution in [3.05, 3.63) is 53.8 Å². The third-order valence-corrected chi connectivity index (χ3v) is 3.45. The van der Waals surface area contributed by atoms with Crippen molar-refractivity contribution in [1.82, 2.24) is 0 Å². The maximum Gasteiger partial charge on any atom is 0.131 e. The molecule has 0 aromatic heterocycles. The van der Waals surface area contributed by atoms with Crippen molar-refractivity contribution in [3.63, 3.8) is 0 Å². The van der Waals surface area contributed by atoms with Crippen LogP contribution in [-0.4, -0.2) is 5.71 Å². The highest BCUT2D eigenvalue weighted by atomic mass is 32.2. The minimum atomic E-state index is 0.268. The minimum Gasteiger partial charge on any atom is -0.465 e. The Hall–Kier alpha value is -1.48. The number of hydrogen-bond acceptors (Lipinski definition) is 3. The first-order chi connectivity index (χ1) is 7.45. The number of para-hydroxylation sites is 1. The lowest BCUT2D eigenvalue weighted by Crippen LogP contribution is -2.06. The molecule has 0 radical (unpaired) electrons. The average molecular weight is 215 g/mol. The van der Waals surface area contributed by atoms with Crippen LogP contribution < -0.4 is 4.74 Å². The van der Waals surface area contributed by atoms with E-state index in [9.17, 15) is 0 Å². The molecular weight excluding hydrogens is 206 g/mol. The van der Waals surface area contributed by atoms with E-state index in [1.807, 2.05) is 35.9 Å². The van der Waals surface area contributed by atoms with Crippen LogP contribution in [0.15, 0.2) is 53.2 Å². The van der Waals surface area contributed by atoms with Crippen LogP contribution in [0.25, 0.3) is 0 Å². The van der Waals surface area contributed by atoms with E-state index in [0.717, 1.165) is 11.5 Å². The van der Waals surface area contributed by atoms with Gasteiger partial charge in [0, 0.05) is 11.8 Å². The van der Waals surface area contributed by atoms with E-state index in [2.05, 4.69) is 11.1 Å². The number of aliphatic imine (C=N–C) groups is 1. The van der Waals surface area contributed by atoms with Gasteiger partial charge in [0.05, 0.1) is 17.2 Å². The Morgan fingerprint density at radius 1 is 1.27 bits per heavy atom. The monoisotopic (exact) mass is 215 g/mol. The number of nitrogens with zero attached hydrogens (tertiary/aromatic N) is 1. The highest BCUT2D eigenvalue weighted by molar-refractivity contribution is 8.03. The molecule has 74 valence electrons. The van der Waals surface area contributed by atoms with Crippen molar-refractivity contribution < 1.29 is 4.74 Å². The van der Waals surface area contributed by atoms with Crippen LogP contribution in [0, 0.1) is 0 Å². The molecule has 0 spiro atoms. The van der Waals surface area contributed by atoms with Crippen molar-refractivity contribution in [2.24, 2.45) is 4.99 Å². The van der Waals surface area contributed by atoms with Gasteiger partial charge in [-0.05, 0) is 17.6 Å². The smallest absolute Gasteiger partial charge is 0.131 e. The average Bonchev–Trinajstić information content (AvgIpc) is 2.48. The molecule has 0 bridgehead atoms. The third-order valence-electron chi connectivity index (χ3n) is 2.40. The van der Waals surface area contributed by atoms with Gasteiger partial charge < -0.3 is 4.74 Å². The Balaban J connectivity index is 2.15. The van der Waals surface area contributed by atoms with E-state index < -0.39 is 0 Å². The van der Waals surface area contributed by atoms with Gasteiger partial charge in [0.1, 0.15) is 5.75 Å². The number of allylic oxidation sites excluding steroid dienone is 1. The largest absolute Gasteiger partial charge is 0.465 e. The fraction of sp³-hybridized carbons (Fsp3) is 0.0833. The van der Waals surface area contributed by atoms with Gasteiger partial charge >= 0.3 is 0 Å². The summed E-state index contributed by atoms with van der Waals surface area (Å²) in [5, 5.41) is 2.29. The Kier molecular flexibility index (Phi) is 2.10. The predicted octanol–water partition coefficient (Wildman–Crippen LogP) is 3.29. The second-order valence-electron chi connectivity index (χ2n) is 3.31. The van der Waals surface area contributed by atoms with Crippen LogP contribution in [0.2, 0.25) is 0 Å². The molecule has 1 atom stereocenters. The number of thioether (sulfide) groups is 1. The van der Waals surface area contributed by atoms with E-state index in [-0.39, 0.29) is 5.25 Å². The molecule has 3 heteroatoms. The van der Waals surface area contributed by atoms with Gasteiger partial charge in [-0.2, -0.15) is 0 Å². The van der Waals surface area contributed by atoms with Gasteiger partial charge in [0.15, 0.2) is 0 Å². The van der Waals surface area contributed by atoms with Crippen molar-refractivity contribution in [2.45, 2.75) is 5.25 Å². The van der Waals surface area contributed by atoms with Crippen LogP contribution in [0.5, 0.6) is 5.75 Å². The van der Waals surface area contributed by atoms with E-state index in [4.69, 9.17) is 4.74 Å². The van der Waals surface area contributed by atoms with Gasteiger partial charge in [0.2, 0.25) is 0 Å². The molecule has 2 aliphatic rings. The third kappa shape index (κ3) is 1.49. The second-order valence-corrected chi connectivity index (χ2v) is 4.33. The zero-order chi connectivity index (χ0) is 10.1. The van der Waals surface area contributed by atoms with Crippen LogP contribution in [0.4, 0.5) is 0 Å². The lowest BCUT2D eigenvalue weighted by molar-refractivity contribution is 0.479. The van der Waals surface area contributed by atoms with Gasteiger partial charge in [0.25, 0.3) is 0 Å². The molecule has 2 heterocycles. The summed E-state index contributed by atoms with van der Waals surface area (Å²) in [6.45, 7) is 0. The van der Waals surface area contributed by atoms with E-state index in [1.165, 1.54) is 5.56 Å². The Bertz CT molecular complexity index is 476. The van der Waals surface area contributed by atoms with E-state index in [1.54, 1.807) is 18.0 Å². The molecule has 0 amide bonds. The van der Waals surface area contributed by atoms with Gasteiger partial charge in [-0.25, -0.2) is 0 Å². The molecule has 3 rings (SSSR count). The lowest BCUT2D eigenvalue weighted by atomic mass is 10.1. The maximum atomic E-state index is 5.54. The van der Waals surface area contributed by atoms with Crippen LogP contribution in [-0.2, 0) is 0 Å². The predicted molar refractivity (Wildman–Crippen MR) is 63.1 cm³/mol. The molecule has 0 fully saturated rings.